The molecule has 6 nitrogen and oxygen atoms in total. The number of ether oxygens (including phenoxy) is 1. The molecule has 26 heavy (non-hydrogen) atoms. The van der Waals surface area contributed by atoms with Gasteiger partial charge in [0.2, 0.25) is 15.9 Å². The average molecular weight is 441 g/mol. The molecule has 1 N–H and O–H groups in total. The van der Waals surface area contributed by atoms with Crippen LogP contribution in [0.3, 0.4) is 0 Å². The molecule has 140 valence electrons. The highest BCUT2D eigenvalue weighted by Crippen LogP contribution is 2.28. The number of carbonyl (C=O) groups excluding carboxylic acids is 1. The molecule has 2 rings (SSSR count). The fourth-order valence-corrected chi connectivity index (χ4v) is 4.09. The predicted molar refractivity (Wildman–Crippen MR) is 104 cm³/mol. The van der Waals surface area contributed by atoms with Crippen LogP contribution in [0.5, 0.6) is 5.75 Å². The Balaban J connectivity index is 2.02. The zero-order valence-corrected chi connectivity index (χ0v) is 17.2. The lowest BCUT2D eigenvalue weighted by atomic mass is 10.1. The molecule has 0 saturated heterocycles. The van der Waals surface area contributed by atoms with Gasteiger partial charge in [-0.05, 0) is 52.7 Å². The standard InChI is InChI=1S/C18H21BrN2O4S/c1-13(14-9-10-17(25-3)16(19)11-14)20-18(22)12-21(2)26(23,24)15-7-5-4-6-8-15/h4-11,13H,12H2,1-3H3,(H,20,22). The number of nitrogens with zero attached hydrogens (tertiary/aromatic N) is 1. The molecule has 0 aliphatic heterocycles. The Labute approximate surface area is 162 Å². The Hall–Kier alpha value is -1.90. The zero-order chi connectivity index (χ0) is 19.3. The van der Waals surface area contributed by atoms with Gasteiger partial charge in [0.1, 0.15) is 5.75 Å². The average Bonchev–Trinajstić information content (AvgIpc) is 2.62. The second-order valence-corrected chi connectivity index (χ2v) is 8.66. The Morgan fingerprint density at radius 3 is 2.46 bits per heavy atom. The molecule has 8 heteroatoms. The zero-order valence-electron chi connectivity index (χ0n) is 14.8. The number of amides is 1. The lowest BCUT2D eigenvalue weighted by molar-refractivity contribution is -0.121. The van der Waals surface area contributed by atoms with E-state index in [0.717, 1.165) is 14.3 Å². The number of methoxy groups -OCH3 is 1. The first-order chi connectivity index (χ1) is 12.3. The summed E-state index contributed by atoms with van der Waals surface area (Å²) < 4.78 is 31.9. The van der Waals surface area contributed by atoms with Gasteiger partial charge >= 0.3 is 0 Å². The van der Waals surface area contributed by atoms with Crippen molar-refractivity contribution < 1.29 is 17.9 Å². The number of rotatable bonds is 7. The lowest BCUT2D eigenvalue weighted by Crippen LogP contribution is -2.39. The van der Waals surface area contributed by atoms with Crippen molar-refractivity contribution >= 4 is 31.9 Å². The Morgan fingerprint density at radius 1 is 1.23 bits per heavy atom. The summed E-state index contributed by atoms with van der Waals surface area (Å²) in [6.07, 6.45) is 0. The number of nitrogens with one attached hydrogen (secondary N) is 1. The third-order valence-corrected chi connectivity index (χ3v) is 6.31. The minimum absolute atomic E-state index is 0.155. The van der Waals surface area contributed by atoms with Gasteiger partial charge in [0.05, 0.1) is 29.1 Å². The molecule has 0 aliphatic carbocycles. The molecule has 0 saturated carbocycles. The maximum atomic E-state index is 12.5. The van der Waals surface area contributed by atoms with Crippen molar-refractivity contribution in [2.75, 3.05) is 20.7 Å². The van der Waals surface area contributed by atoms with E-state index in [-0.39, 0.29) is 23.4 Å². The molecule has 0 spiro atoms. The molecule has 1 unspecified atom stereocenters. The molecule has 0 fully saturated rings. The van der Waals surface area contributed by atoms with E-state index < -0.39 is 10.0 Å². The highest BCUT2D eigenvalue weighted by molar-refractivity contribution is 9.10. The Kier molecular flexibility index (Phi) is 6.80. The van der Waals surface area contributed by atoms with Crippen molar-refractivity contribution in [3.05, 3.63) is 58.6 Å². The van der Waals surface area contributed by atoms with Crippen molar-refractivity contribution in [1.29, 1.82) is 0 Å². The first-order valence-electron chi connectivity index (χ1n) is 7.90. The first kappa shape index (κ1) is 20.4. The van der Waals surface area contributed by atoms with E-state index in [2.05, 4.69) is 21.2 Å². The summed E-state index contributed by atoms with van der Waals surface area (Å²) in [5.41, 5.74) is 0.875. The smallest absolute Gasteiger partial charge is 0.243 e. The molecule has 1 atom stereocenters. The SMILES string of the molecule is COc1ccc(C(C)NC(=O)CN(C)S(=O)(=O)c2ccccc2)cc1Br. The maximum Gasteiger partial charge on any atom is 0.243 e. The van der Waals surface area contributed by atoms with E-state index in [1.54, 1.807) is 31.4 Å². The molecule has 0 bridgehead atoms. The number of hydrogen-bond acceptors (Lipinski definition) is 4. The van der Waals surface area contributed by atoms with Crippen LogP contribution < -0.4 is 10.1 Å². The van der Waals surface area contributed by atoms with Crippen molar-refractivity contribution in [3.63, 3.8) is 0 Å². The largest absolute Gasteiger partial charge is 0.496 e. The summed E-state index contributed by atoms with van der Waals surface area (Å²) in [5.74, 6) is 0.312. The van der Waals surface area contributed by atoms with E-state index in [1.165, 1.54) is 19.2 Å². The topological polar surface area (TPSA) is 75.7 Å². The lowest BCUT2D eigenvalue weighted by Gasteiger charge is -2.20. The normalized spacial score (nSPS) is 12.7. The fourth-order valence-electron chi connectivity index (χ4n) is 2.38. The number of sulfonamides is 1. The van der Waals surface area contributed by atoms with Gasteiger partial charge in [-0.1, -0.05) is 24.3 Å². The van der Waals surface area contributed by atoms with E-state index >= 15 is 0 Å². The molecule has 0 heterocycles. The number of hydrogen-bond donors (Lipinski definition) is 1. The van der Waals surface area contributed by atoms with E-state index in [1.807, 2.05) is 19.1 Å². The van der Waals surface area contributed by atoms with Crippen molar-refractivity contribution in [2.45, 2.75) is 17.9 Å². The van der Waals surface area contributed by atoms with Crippen LogP contribution in [0.15, 0.2) is 57.9 Å². The van der Waals surface area contributed by atoms with Crippen LogP contribution >= 0.6 is 15.9 Å². The van der Waals surface area contributed by atoms with Crippen LogP contribution in [0.2, 0.25) is 0 Å². The quantitative estimate of drug-likeness (QED) is 0.717. The summed E-state index contributed by atoms with van der Waals surface area (Å²) in [7, 11) is -0.739. The Bertz CT molecular complexity index is 872. The molecular weight excluding hydrogens is 420 g/mol. The summed E-state index contributed by atoms with van der Waals surface area (Å²) >= 11 is 3.41. The third-order valence-electron chi connectivity index (χ3n) is 3.87. The summed E-state index contributed by atoms with van der Waals surface area (Å²) in [6, 6.07) is 13.2. The summed E-state index contributed by atoms with van der Waals surface area (Å²) in [5, 5.41) is 2.81. The Morgan fingerprint density at radius 2 is 1.88 bits per heavy atom. The van der Waals surface area contributed by atoms with Crippen molar-refractivity contribution in [3.8, 4) is 5.75 Å². The minimum atomic E-state index is -3.70. The van der Waals surface area contributed by atoms with Crippen molar-refractivity contribution in [1.82, 2.24) is 9.62 Å². The maximum absolute atomic E-state index is 12.5. The number of carbonyl (C=O) groups is 1. The van der Waals surface area contributed by atoms with E-state index in [9.17, 15) is 13.2 Å². The van der Waals surface area contributed by atoms with Gasteiger partial charge in [-0.3, -0.25) is 4.79 Å². The second-order valence-electron chi connectivity index (χ2n) is 5.76. The highest BCUT2D eigenvalue weighted by Gasteiger charge is 2.23. The van der Waals surface area contributed by atoms with Crippen LogP contribution in [0.1, 0.15) is 18.5 Å². The van der Waals surface area contributed by atoms with Gasteiger partial charge in [0.25, 0.3) is 0 Å². The third kappa shape index (κ3) is 4.84. The first-order valence-corrected chi connectivity index (χ1v) is 10.1. The number of benzene rings is 2. The second kappa shape index (κ2) is 8.66. The summed E-state index contributed by atoms with van der Waals surface area (Å²) in [6.45, 7) is 1.57. The number of likely N-dealkylation sites (N-methyl/N-ethyl adjacent to an activating group) is 1. The van der Waals surface area contributed by atoms with Gasteiger partial charge < -0.3 is 10.1 Å². The highest BCUT2D eigenvalue weighted by atomic mass is 79.9. The minimum Gasteiger partial charge on any atom is -0.496 e. The van der Waals surface area contributed by atoms with Gasteiger partial charge in [0.15, 0.2) is 0 Å². The monoisotopic (exact) mass is 440 g/mol. The van der Waals surface area contributed by atoms with Gasteiger partial charge in [-0.15, -0.1) is 0 Å². The van der Waals surface area contributed by atoms with Gasteiger partial charge in [-0.25, -0.2) is 8.42 Å². The molecular formula is C18H21BrN2O4S. The number of halogens is 1. The van der Waals surface area contributed by atoms with Crippen LogP contribution in [-0.2, 0) is 14.8 Å². The van der Waals surface area contributed by atoms with Crippen LogP contribution in [0.4, 0.5) is 0 Å². The fraction of sp³-hybridized carbons (Fsp3) is 0.278. The van der Waals surface area contributed by atoms with E-state index in [0.29, 0.717) is 5.75 Å². The molecule has 2 aromatic rings. The van der Waals surface area contributed by atoms with Gasteiger partial charge in [-0.2, -0.15) is 4.31 Å². The molecule has 2 aromatic carbocycles. The van der Waals surface area contributed by atoms with Gasteiger partial charge in [0, 0.05) is 7.05 Å². The van der Waals surface area contributed by atoms with Crippen LogP contribution in [0, 0.1) is 0 Å². The van der Waals surface area contributed by atoms with Crippen LogP contribution in [-0.4, -0.2) is 39.3 Å². The molecule has 0 aromatic heterocycles. The van der Waals surface area contributed by atoms with Crippen molar-refractivity contribution in [2.24, 2.45) is 0 Å². The summed E-state index contributed by atoms with van der Waals surface area (Å²) in [4.78, 5) is 12.4. The molecule has 1 amide bonds. The molecule has 0 aliphatic rings. The molecule has 0 radical (unpaired) electrons. The van der Waals surface area contributed by atoms with E-state index in [4.69, 9.17) is 4.74 Å². The van der Waals surface area contributed by atoms with Crippen LogP contribution in [0.25, 0.3) is 0 Å². The predicted octanol–water partition coefficient (Wildman–Crippen LogP) is 2.96.